The second kappa shape index (κ2) is 9.26. The molecule has 2 aliphatic rings. The third kappa shape index (κ3) is 4.45. The summed E-state index contributed by atoms with van der Waals surface area (Å²) in [6.45, 7) is 2.12. The molecule has 1 aliphatic carbocycles. The number of rotatable bonds is 5. The molecule has 182 valence electrons. The molecule has 1 N–H and O–H groups in total. The molecule has 2 fully saturated rings. The number of ether oxygens (including phenoxy) is 1. The predicted molar refractivity (Wildman–Crippen MR) is 133 cm³/mol. The van der Waals surface area contributed by atoms with E-state index in [1.165, 1.54) is 0 Å². The molecule has 0 radical (unpaired) electrons. The summed E-state index contributed by atoms with van der Waals surface area (Å²) in [5.74, 6) is 3.31. The average molecular weight is 474 g/mol. The van der Waals surface area contributed by atoms with Crippen molar-refractivity contribution in [3.8, 4) is 0 Å². The van der Waals surface area contributed by atoms with Crippen molar-refractivity contribution in [1.82, 2.24) is 34.5 Å². The van der Waals surface area contributed by atoms with Crippen LogP contribution in [0.15, 0.2) is 43.0 Å². The van der Waals surface area contributed by atoms with Gasteiger partial charge in [0, 0.05) is 44.4 Å². The molecule has 0 bridgehead atoms. The first-order chi connectivity index (χ1) is 17.1. The van der Waals surface area contributed by atoms with E-state index in [4.69, 9.17) is 14.7 Å². The van der Waals surface area contributed by atoms with Gasteiger partial charge in [-0.25, -0.2) is 9.97 Å². The van der Waals surface area contributed by atoms with Crippen molar-refractivity contribution < 1.29 is 4.74 Å². The van der Waals surface area contributed by atoms with Gasteiger partial charge in [0.25, 0.3) is 0 Å². The fourth-order valence-electron chi connectivity index (χ4n) is 5.31. The fourth-order valence-corrected chi connectivity index (χ4v) is 5.31. The molecule has 0 amide bonds. The van der Waals surface area contributed by atoms with E-state index in [1.807, 2.05) is 60.0 Å². The summed E-state index contributed by atoms with van der Waals surface area (Å²) >= 11 is 0. The quantitative estimate of drug-likeness (QED) is 0.472. The van der Waals surface area contributed by atoms with E-state index in [0.717, 1.165) is 66.3 Å². The van der Waals surface area contributed by atoms with Crippen LogP contribution in [0, 0.1) is 0 Å². The minimum absolute atomic E-state index is 0.0413. The Hall–Kier alpha value is -3.53. The summed E-state index contributed by atoms with van der Waals surface area (Å²) in [6, 6.07) is 8.43. The van der Waals surface area contributed by atoms with Crippen LogP contribution in [-0.4, -0.2) is 60.3 Å². The van der Waals surface area contributed by atoms with Gasteiger partial charge in [-0.1, -0.05) is 12.1 Å². The second-order valence-electron chi connectivity index (χ2n) is 9.63. The number of fused-ring (bicyclic) bond motifs is 1. The van der Waals surface area contributed by atoms with Gasteiger partial charge in [0.1, 0.15) is 18.3 Å². The van der Waals surface area contributed by atoms with Crippen LogP contribution in [0.1, 0.15) is 49.1 Å². The molecule has 1 atom stereocenters. The molecule has 10 heteroatoms. The van der Waals surface area contributed by atoms with E-state index in [-0.39, 0.29) is 6.10 Å². The molecule has 1 unspecified atom stereocenters. The number of aromatic nitrogens is 7. The zero-order chi connectivity index (χ0) is 23.8. The van der Waals surface area contributed by atoms with Crippen molar-refractivity contribution in [3.63, 3.8) is 0 Å². The van der Waals surface area contributed by atoms with Crippen LogP contribution in [0.25, 0.3) is 11.0 Å². The van der Waals surface area contributed by atoms with Crippen LogP contribution in [-0.2, 0) is 18.8 Å². The summed E-state index contributed by atoms with van der Waals surface area (Å²) in [6.07, 6.45) is 9.95. The minimum Gasteiger partial charge on any atom is -0.370 e. The number of anilines is 2. The van der Waals surface area contributed by atoms with E-state index in [0.29, 0.717) is 25.1 Å². The lowest BCUT2D eigenvalue weighted by Crippen LogP contribution is -2.39. The SMILES string of the molecule is Cn1cc(C2CN(c3nc4ccccc4nc3NC3CCC(c4nncn4C)CC3)CCO2)cn1. The summed E-state index contributed by atoms with van der Waals surface area (Å²) in [4.78, 5) is 12.4. The molecule has 35 heavy (non-hydrogen) atoms. The highest BCUT2D eigenvalue weighted by atomic mass is 16.5. The number of para-hydroxylation sites is 2. The Labute approximate surface area is 204 Å². The zero-order valence-electron chi connectivity index (χ0n) is 20.2. The molecule has 0 spiro atoms. The number of aryl methyl sites for hydroxylation is 2. The lowest BCUT2D eigenvalue weighted by atomic mass is 9.85. The topological polar surface area (TPSA) is 98.8 Å². The third-order valence-electron chi connectivity index (χ3n) is 7.19. The van der Waals surface area contributed by atoms with E-state index in [2.05, 4.69) is 25.5 Å². The number of hydrogen-bond acceptors (Lipinski definition) is 8. The number of benzene rings is 1. The van der Waals surface area contributed by atoms with Crippen LogP contribution in [0.4, 0.5) is 11.6 Å². The molecular formula is C25H31N9O. The predicted octanol–water partition coefficient (Wildman–Crippen LogP) is 3.21. The first-order valence-corrected chi connectivity index (χ1v) is 12.4. The van der Waals surface area contributed by atoms with Crippen molar-refractivity contribution in [2.24, 2.45) is 14.1 Å². The van der Waals surface area contributed by atoms with E-state index >= 15 is 0 Å². The highest BCUT2D eigenvalue weighted by molar-refractivity contribution is 5.80. The molecule has 1 saturated carbocycles. The first kappa shape index (κ1) is 22.0. The number of morpholine rings is 1. The van der Waals surface area contributed by atoms with Crippen LogP contribution in [0.2, 0.25) is 0 Å². The van der Waals surface area contributed by atoms with Crippen molar-refractivity contribution in [1.29, 1.82) is 0 Å². The van der Waals surface area contributed by atoms with Gasteiger partial charge in [0.05, 0.1) is 30.4 Å². The Morgan fingerprint density at radius 2 is 1.83 bits per heavy atom. The van der Waals surface area contributed by atoms with Gasteiger partial charge in [-0.3, -0.25) is 4.68 Å². The minimum atomic E-state index is -0.0413. The standard InChI is InChI=1S/C25H31N9O/c1-32-16-26-31-24(32)17-7-9-19(10-8-17)28-23-25(30-21-6-4-3-5-20(21)29-23)34-11-12-35-22(15-34)18-13-27-33(2)14-18/h3-6,13-14,16-17,19,22H,7-12,15H2,1-2H3,(H,28,29). The Balaban J connectivity index is 1.24. The van der Waals surface area contributed by atoms with Gasteiger partial charge in [-0.15, -0.1) is 10.2 Å². The number of nitrogens with zero attached hydrogens (tertiary/aromatic N) is 8. The van der Waals surface area contributed by atoms with Crippen LogP contribution in [0.3, 0.4) is 0 Å². The second-order valence-corrected chi connectivity index (χ2v) is 9.63. The van der Waals surface area contributed by atoms with Crippen molar-refractivity contribution in [2.45, 2.75) is 43.7 Å². The Kier molecular flexibility index (Phi) is 5.81. The lowest BCUT2D eigenvalue weighted by Gasteiger charge is -2.35. The molecule has 1 saturated heterocycles. The van der Waals surface area contributed by atoms with Crippen molar-refractivity contribution >= 4 is 22.7 Å². The van der Waals surface area contributed by atoms with Gasteiger partial charge in [0.15, 0.2) is 11.6 Å². The van der Waals surface area contributed by atoms with E-state index < -0.39 is 0 Å². The average Bonchev–Trinajstić information content (AvgIpc) is 3.52. The van der Waals surface area contributed by atoms with E-state index in [9.17, 15) is 0 Å². The third-order valence-corrected chi connectivity index (χ3v) is 7.19. The molecule has 1 aliphatic heterocycles. The highest BCUT2D eigenvalue weighted by Gasteiger charge is 2.29. The van der Waals surface area contributed by atoms with E-state index in [1.54, 1.807) is 6.33 Å². The molecule has 4 heterocycles. The summed E-state index contributed by atoms with van der Waals surface area (Å²) in [5.41, 5.74) is 2.90. The summed E-state index contributed by atoms with van der Waals surface area (Å²) < 4.78 is 9.95. The Morgan fingerprint density at radius 1 is 1.03 bits per heavy atom. The van der Waals surface area contributed by atoms with Crippen LogP contribution >= 0.6 is 0 Å². The molecule has 4 aromatic rings. The van der Waals surface area contributed by atoms with Crippen molar-refractivity contribution in [2.75, 3.05) is 29.9 Å². The number of nitrogens with one attached hydrogen (secondary N) is 1. The van der Waals surface area contributed by atoms with Crippen molar-refractivity contribution in [3.05, 3.63) is 54.4 Å². The maximum atomic E-state index is 6.09. The maximum Gasteiger partial charge on any atom is 0.172 e. The van der Waals surface area contributed by atoms with Crippen LogP contribution < -0.4 is 10.2 Å². The molecule has 1 aromatic carbocycles. The molecule has 6 rings (SSSR count). The lowest BCUT2D eigenvalue weighted by molar-refractivity contribution is 0.0395. The van der Waals surface area contributed by atoms with Gasteiger partial charge >= 0.3 is 0 Å². The molecular weight excluding hydrogens is 442 g/mol. The zero-order valence-corrected chi connectivity index (χ0v) is 20.2. The normalized spacial score (nSPS) is 23.0. The first-order valence-electron chi connectivity index (χ1n) is 12.4. The van der Waals surface area contributed by atoms with Gasteiger partial charge < -0.3 is 19.5 Å². The van der Waals surface area contributed by atoms with Gasteiger partial charge in [0.2, 0.25) is 0 Å². The summed E-state index contributed by atoms with van der Waals surface area (Å²) in [7, 11) is 3.96. The molecule has 3 aromatic heterocycles. The largest absolute Gasteiger partial charge is 0.370 e. The monoisotopic (exact) mass is 473 g/mol. The maximum absolute atomic E-state index is 6.09. The number of hydrogen-bond donors (Lipinski definition) is 1. The smallest absolute Gasteiger partial charge is 0.172 e. The molecule has 10 nitrogen and oxygen atoms in total. The van der Waals surface area contributed by atoms with Gasteiger partial charge in [-0.05, 0) is 37.8 Å². The highest BCUT2D eigenvalue weighted by Crippen LogP contribution is 2.35. The van der Waals surface area contributed by atoms with Gasteiger partial charge in [-0.2, -0.15) is 5.10 Å². The van der Waals surface area contributed by atoms with Crippen LogP contribution in [0.5, 0.6) is 0 Å². The summed E-state index contributed by atoms with van der Waals surface area (Å²) in [5, 5.41) is 16.5. The Bertz CT molecular complexity index is 1310. The fraction of sp³-hybridized carbons (Fsp3) is 0.480. The Morgan fingerprint density at radius 3 is 2.54 bits per heavy atom.